The number of benzene rings is 2. The topological polar surface area (TPSA) is 32.3 Å². The van der Waals surface area contributed by atoms with Crippen molar-refractivity contribution in [2.24, 2.45) is 0 Å². The van der Waals surface area contributed by atoms with E-state index >= 15 is 0 Å². The number of phenols is 1. The highest BCUT2D eigenvalue weighted by molar-refractivity contribution is 9.10. The molecular weight excluding hydrogens is 338 g/mol. The molecule has 0 bridgehead atoms. The zero-order valence-corrected chi connectivity index (χ0v) is 13.6. The molecule has 0 saturated heterocycles. The van der Waals surface area contributed by atoms with Crippen LogP contribution in [0.4, 0.5) is 0 Å². The van der Waals surface area contributed by atoms with Gasteiger partial charge in [0.1, 0.15) is 5.75 Å². The molecule has 0 amide bonds. The maximum Gasteiger partial charge on any atom is 0.134 e. The highest BCUT2D eigenvalue weighted by atomic mass is 79.9. The Balaban J connectivity index is 1.88. The molecule has 0 spiro atoms. The largest absolute Gasteiger partial charge is 0.506 e. The van der Waals surface area contributed by atoms with Crippen LogP contribution in [0.2, 0.25) is 5.02 Å². The van der Waals surface area contributed by atoms with Gasteiger partial charge in [0.25, 0.3) is 0 Å². The summed E-state index contributed by atoms with van der Waals surface area (Å²) in [6, 6.07) is 11.6. The van der Waals surface area contributed by atoms with Crippen molar-refractivity contribution < 1.29 is 5.11 Å². The monoisotopic (exact) mass is 353 g/mol. The van der Waals surface area contributed by atoms with Gasteiger partial charge in [-0.1, -0.05) is 51.8 Å². The lowest BCUT2D eigenvalue weighted by molar-refractivity contribution is 0.474. The van der Waals surface area contributed by atoms with Crippen LogP contribution in [-0.2, 0) is 13.0 Å². The van der Waals surface area contributed by atoms with Crippen molar-refractivity contribution in [2.75, 3.05) is 6.54 Å². The van der Waals surface area contributed by atoms with Gasteiger partial charge in [0.15, 0.2) is 0 Å². The third-order valence-electron chi connectivity index (χ3n) is 3.32. The predicted molar refractivity (Wildman–Crippen MR) is 87.4 cm³/mol. The predicted octanol–water partition coefficient (Wildman–Crippen LogP) is 4.45. The van der Waals surface area contributed by atoms with E-state index in [4.69, 9.17) is 11.6 Å². The lowest BCUT2D eigenvalue weighted by Gasteiger charge is -2.10. The van der Waals surface area contributed by atoms with Gasteiger partial charge < -0.3 is 10.4 Å². The Morgan fingerprint density at radius 1 is 1.15 bits per heavy atom. The third kappa shape index (κ3) is 3.75. The minimum absolute atomic E-state index is 0.133. The minimum Gasteiger partial charge on any atom is -0.506 e. The molecule has 0 heterocycles. The van der Waals surface area contributed by atoms with Crippen LogP contribution < -0.4 is 5.32 Å². The maximum absolute atomic E-state index is 9.54. The summed E-state index contributed by atoms with van der Waals surface area (Å²) in [7, 11) is 0. The zero-order chi connectivity index (χ0) is 14.5. The number of nitrogens with one attached hydrogen (secondary N) is 1. The molecule has 20 heavy (non-hydrogen) atoms. The molecule has 2 rings (SSSR count). The summed E-state index contributed by atoms with van der Waals surface area (Å²) >= 11 is 9.58. The zero-order valence-electron chi connectivity index (χ0n) is 11.3. The van der Waals surface area contributed by atoms with E-state index in [-0.39, 0.29) is 5.75 Å². The van der Waals surface area contributed by atoms with E-state index in [1.54, 1.807) is 12.1 Å². The van der Waals surface area contributed by atoms with E-state index in [1.807, 2.05) is 6.07 Å². The van der Waals surface area contributed by atoms with Crippen LogP contribution in [0.3, 0.4) is 0 Å². The number of halogens is 2. The molecular formula is C16H17BrClNO. The van der Waals surface area contributed by atoms with Crippen molar-refractivity contribution in [2.45, 2.75) is 19.9 Å². The fourth-order valence-corrected chi connectivity index (χ4v) is 2.67. The van der Waals surface area contributed by atoms with Crippen molar-refractivity contribution in [1.29, 1.82) is 0 Å². The van der Waals surface area contributed by atoms with Gasteiger partial charge in [-0.3, -0.25) is 0 Å². The molecule has 2 aromatic rings. The first-order valence-corrected chi connectivity index (χ1v) is 7.67. The third-order valence-corrected chi connectivity index (χ3v) is 4.62. The SMILES string of the molecule is Cc1c(Br)cccc1CCNCc1cccc(O)c1Cl. The molecule has 2 N–H and O–H groups in total. The van der Waals surface area contributed by atoms with Crippen molar-refractivity contribution in [1.82, 2.24) is 5.32 Å². The van der Waals surface area contributed by atoms with E-state index in [9.17, 15) is 5.11 Å². The first-order chi connectivity index (χ1) is 9.59. The molecule has 0 unspecified atom stereocenters. The number of hydrogen-bond donors (Lipinski definition) is 2. The van der Waals surface area contributed by atoms with Crippen LogP contribution in [0.5, 0.6) is 5.75 Å². The number of hydrogen-bond acceptors (Lipinski definition) is 2. The Morgan fingerprint density at radius 2 is 1.85 bits per heavy atom. The molecule has 0 radical (unpaired) electrons. The van der Waals surface area contributed by atoms with Crippen molar-refractivity contribution in [3.8, 4) is 5.75 Å². The fraction of sp³-hybridized carbons (Fsp3) is 0.250. The first kappa shape index (κ1) is 15.4. The molecule has 0 aliphatic carbocycles. The van der Waals surface area contributed by atoms with Gasteiger partial charge in [-0.2, -0.15) is 0 Å². The Kier molecular flexibility index (Phi) is 5.46. The van der Waals surface area contributed by atoms with Crippen LogP contribution in [-0.4, -0.2) is 11.7 Å². The second-order valence-corrected chi connectivity index (χ2v) is 5.93. The Hall–Kier alpha value is -1.03. The second kappa shape index (κ2) is 7.11. The summed E-state index contributed by atoms with van der Waals surface area (Å²) in [4.78, 5) is 0. The van der Waals surface area contributed by atoms with Crippen LogP contribution in [0, 0.1) is 6.92 Å². The molecule has 2 nitrogen and oxygen atoms in total. The van der Waals surface area contributed by atoms with E-state index in [2.05, 4.69) is 46.4 Å². The molecule has 106 valence electrons. The molecule has 0 aliphatic heterocycles. The lowest BCUT2D eigenvalue weighted by atomic mass is 10.1. The summed E-state index contributed by atoms with van der Waals surface area (Å²) in [5, 5.41) is 13.3. The van der Waals surface area contributed by atoms with E-state index in [1.165, 1.54) is 11.1 Å². The molecule has 0 aromatic heterocycles. The lowest BCUT2D eigenvalue weighted by Crippen LogP contribution is -2.17. The highest BCUT2D eigenvalue weighted by Crippen LogP contribution is 2.26. The fourth-order valence-electron chi connectivity index (χ4n) is 2.07. The van der Waals surface area contributed by atoms with Crippen molar-refractivity contribution in [3.05, 3.63) is 62.6 Å². The Morgan fingerprint density at radius 3 is 2.65 bits per heavy atom. The molecule has 0 saturated carbocycles. The van der Waals surface area contributed by atoms with Gasteiger partial charge in [-0.25, -0.2) is 0 Å². The number of aromatic hydroxyl groups is 1. The van der Waals surface area contributed by atoms with E-state index in [0.717, 1.165) is 23.0 Å². The summed E-state index contributed by atoms with van der Waals surface area (Å²) in [5.74, 6) is 0.133. The van der Waals surface area contributed by atoms with Crippen LogP contribution in [0.1, 0.15) is 16.7 Å². The Labute approximate surface area is 132 Å². The van der Waals surface area contributed by atoms with E-state index < -0.39 is 0 Å². The minimum atomic E-state index is 0.133. The van der Waals surface area contributed by atoms with Crippen LogP contribution in [0.15, 0.2) is 40.9 Å². The first-order valence-electron chi connectivity index (χ1n) is 6.50. The molecule has 0 aliphatic rings. The average molecular weight is 355 g/mol. The van der Waals surface area contributed by atoms with Gasteiger partial charge in [-0.15, -0.1) is 0 Å². The van der Waals surface area contributed by atoms with Crippen LogP contribution >= 0.6 is 27.5 Å². The average Bonchev–Trinajstić information content (AvgIpc) is 2.43. The maximum atomic E-state index is 9.54. The normalized spacial score (nSPS) is 10.8. The van der Waals surface area contributed by atoms with Gasteiger partial charge in [-0.05, 0) is 48.7 Å². The molecule has 0 fully saturated rings. The smallest absolute Gasteiger partial charge is 0.134 e. The quantitative estimate of drug-likeness (QED) is 0.778. The van der Waals surface area contributed by atoms with E-state index in [0.29, 0.717) is 11.6 Å². The van der Waals surface area contributed by atoms with Gasteiger partial charge >= 0.3 is 0 Å². The summed E-state index contributed by atoms with van der Waals surface area (Å²) in [6.07, 6.45) is 0.960. The standard InChI is InChI=1S/C16H17BrClNO/c1-11-12(4-2-6-14(11)17)8-9-19-10-13-5-3-7-15(20)16(13)18/h2-7,19-20H,8-10H2,1H3. The van der Waals surface area contributed by atoms with Crippen LogP contribution in [0.25, 0.3) is 0 Å². The number of rotatable bonds is 5. The Bertz CT molecular complexity index is 548. The summed E-state index contributed by atoms with van der Waals surface area (Å²) in [5.41, 5.74) is 3.52. The molecule has 0 atom stereocenters. The molecule has 2 aromatic carbocycles. The highest BCUT2D eigenvalue weighted by Gasteiger charge is 2.05. The van der Waals surface area contributed by atoms with Gasteiger partial charge in [0.2, 0.25) is 0 Å². The summed E-state index contributed by atoms with van der Waals surface area (Å²) in [6.45, 7) is 3.63. The number of phenolic OH excluding ortho intramolecular Hbond substituents is 1. The van der Waals surface area contributed by atoms with Crippen molar-refractivity contribution >= 4 is 27.5 Å². The van der Waals surface area contributed by atoms with Gasteiger partial charge in [0.05, 0.1) is 5.02 Å². The second-order valence-electron chi connectivity index (χ2n) is 4.70. The summed E-state index contributed by atoms with van der Waals surface area (Å²) < 4.78 is 1.14. The van der Waals surface area contributed by atoms with Crippen molar-refractivity contribution in [3.63, 3.8) is 0 Å². The molecule has 4 heteroatoms. The van der Waals surface area contributed by atoms with Gasteiger partial charge in [0, 0.05) is 11.0 Å².